The highest BCUT2D eigenvalue weighted by Crippen LogP contribution is 2.47. The van der Waals surface area contributed by atoms with E-state index in [1.54, 1.807) is 26.0 Å². The number of amides is 1. The molecule has 0 aliphatic carbocycles. The number of ether oxygens (including phenoxy) is 2. The molecule has 0 aromatic heterocycles. The second kappa shape index (κ2) is 6.96. The average Bonchev–Trinajstić information content (AvgIpc) is 2.95. The molecule has 1 unspecified atom stereocenters. The van der Waals surface area contributed by atoms with Crippen LogP contribution in [0.4, 0.5) is 0 Å². The Hall–Kier alpha value is -2.14. The van der Waals surface area contributed by atoms with Gasteiger partial charge in [0.05, 0.1) is 25.5 Å². The molecule has 2 aromatic carbocycles. The van der Waals surface area contributed by atoms with E-state index < -0.39 is 0 Å². The van der Waals surface area contributed by atoms with Crippen LogP contribution in [0.1, 0.15) is 16.5 Å². The van der Waals surface area contributed by atoms with Crippen molar-refractivity contribution in [3.63, 3.8) is 0 Å². The van der Waals surface area contributed by atoms with E-state index in [4.69, 9.17) is 9.47 Å². The van der Waals surface area contributed by atoms with Gasteiger partial charge in [-0.2, -0.15) is 0 Å². The molecule has 2 aromatic rings. The number of benzene rings is 2. The summed E-state index contributed by atoms with van der Waals surface area (Å²) >= 11 is 1.61. The summed E-state index contributed by atoms with van der Waals surface area (Å²) in [7, 11) is 3.28. The zero-order chi connectivity index (χ0) is 16.2. The van der Waals surface area contributed by atoms with Crippen LogP contribution in [0, 0.1) is 0 Å². The molecule has 23 heavy (non-hydrogen) atoms. The number of thioether (sulfide) groups is 1. The molecule has 1 saturated heterocycles. The van der Waals surface area contributed by atoms with Gasteiger partial charge >= 0.3 is 0 Å². The molecule has 0 N–H and O–H groups in total. The van der Waals surface area contributed by atoms with Gasteiger partial charge in [0, 0.05) is 6.54 Å². The van der Waals surface area contributed by atoms with Crippen molar-refractivity contribution < 1.29 is 14.3 Å². The zero-order valence-electron chi connectivity index (χ0n) is 13.2. The first-order valence-electron chi connectivity index (χ1n) is 7.40. The summed E-state index contributed by atoms with van der Waals surface area (Å²) < 4.78 is 11.0. The number of hydrogen-bond donors (Lipinski definition) is 0. The molecule has 3 rings (SSSR count). The van der Waals surface area contributed by atoms with Gasteiger partial charge in [0.1, 0.15) is 16.9 Å². The molecule has 0 radical (unpaired) electrons. The van der Waals surface area contributed by atoms with Crippen LogP contribution >= 0.6 is 11.8 Å². The van der Waals surface area contributed by atoms with E-state index in [2.05, 4.69) is 0 Å². The van der Waals surface area contributed by atoms with Gasteiger partial charge in [-0.15, -0.1) is 11.8 Å². The molecule has 4 nitrogen and oxygen atoms in total. The van der Waals surface area contributed by atoms with Crippen molar-refractivity contribution in [1.82, 2.24) is 4.90 Å². The minimum atomic E-state index is -0.103. The quantitative estimate of drug-likeness (QED) is 0.842. The van der Waals surface area contributed by atoms with Gasteiger partial charge in [-0.05, 0) is 17.7 Å². The Kier molecular flexibility index (Phi) is 4.76. The lowest BCUT2D eigenvalue weighted by Gasteiger charge is -2.27. The Labute approximate surface area is 140 Å². The van der Waals surface area contributed by atoms with Crippen LogP contribution in [-0.2, 0) is 11.3 Å². The number of carbonyl (C=O) groups excluding carboxylic acids is 1. The van der Waals surface area contributed by atoms with E-state index in [1.807, 2.05) is 53.4 Å². The topological polar surface area (TPSA) is 38.8 Å². The summed E-state index contributed by atoms with van der Waals surface area (Å²) in [6.07, 6.45) is 0. The minimum absolute atomic E-state index is 0.103. The first kappa shape index (κ1) is 15.7. The summed E-state index contributed by atoms with van der Waals surface area (Å²) in [4.78, 5) is 14.3. The third-order valence-electron chi connectivity index (χ3n) is 3.88. The fourth-order valence-corrected chi connectivity index (χ4v) is 4.00. The molecule has 1 aliphatic rings. The molecule has 0 bridgehead atoms. The maximum Gasteiger partial charge on any atom is 0.234 e. The zero-order valence-corrected chi connectivity index (χ0v) is 14.0. The lowest BCUT2D eigenvalue weighted by molar-refractivity contribution is -0.128. The van der Waals surface area contributed by atoms with Gasteiger partial charge in [-0.1, -0.05) is 36.4 Å². The normalized spacial score (nSPS) is 17.4. The molecule has 1 heterocycles. The van der Waals surface area contributed by atoms with Gasteiger partial charge < -0.3 is 14.4 Å². The molecule has 1 aliphatic heterocycles. The van der Waals surface area contributed by atoms with Crippen molar-refractivity contribution >= 4 is 17.7 Å². The van der Waals surface area contributed by atoms with Crippen molar-refractivity contribution in [1.29, 1.82) is 0 Å². The van der Waals surface area contributed by atoms with Crippen LogP contribution in [0.2, 0.25) is 0 Å². The molecular weight excluding hydrogens is 310 g/mol. The second-order valence-electron chi connectivity index (χ2n) is 5.25. The van der Waals surface area contributed by atoms with Crippen LogP contribution < -0.4 is 9.47 Å². The van der Waals surface area contributed by atoms with Gasteiger partial charge in [-0.3, -0.25) is 4.79 Å². The highest BCUT2D eigenvalue weighted by atomic mass is 32.2. The Balaban J connectivity index is 1.96. The fraction of sp³-hybridized carbons (Fsp3) is 0.278. The van der Waals surface area contributed by atoms with Crippen molar-refractivity contribution in [2.24, 2.45) is 0 Å². The summed E-state index contributed by atoms with van der Waals surface area (Å²) in [5, 5.41) is -0.103. The number of carbonyl (C=O) groups is 1. The highest BCUT2D eigenvalue weighted by Gasteiger charge is 2.36. The summed E-state index contributed by atoms with van der Waals surface area (Å²) in [5.74, 6) is 2.10. The molecule has 120 valence electrons. The van der Waals surface area contributed by atoms with E-state index >= 15 is 0 Å². The van der Waals surface area contributed by atoms with Crippen molar-refractivity contribution in [2.75, 3.05) is 20.0 Å². The van der Waals surface area contributed by atoms with Crippen LogP contribution in [0.3, 0.4) is 0 Å². The van der Waals surface area contributed by atoms with Gasteiger partial charge in [0.15, 0.2) is 0 Å². The van der Waals surface area contributed by atoms with E-state index in [0.717, 1.165) is 22.6 Å². The largest absolute Gasteiger partial charge is 0.496 e. The molecule has 5 heteroatoms. The maximum atomic E-state index is 12.4. The van der Waals surface area contributed by atoms with Crippen LogP contribution in [-0.4, -0.2) is 30.8 Å². The summed E-state index contributed by atoms with van der Waals surface area (Å²) in [5.41, 5.74) is 2.03. The molecule has 0 spiro atoms. The third kappa shape index (κ3) is 3.15. The number of nitrogens with zero attached hydrogens (tertiary/aromatic N) is 1. The maximum absolute atomic E-state index is 12.4. The lowest BCUT2D eigenvalue weighted by Crippen LogP contribution is -2.28. The predicted octanol–water partition coefficient (Wildman–Crippen LogP) is 3.48. The minimum Gasteiger partial charge on any atom is -0.496 e. The van der Waals surface area contributed by atoms with Gasteiger partial charge in [-0.25, -0.2) is 0 Å². The van der Waals surface area contributed by atoms with Crippen LogP contribution in [0.5, 0.6) is 11.5 Å². The highest BCUT2D eigenvalue weighted by molar-refractivity contribution is 8.00. The predicted molar refractivity (Wildman–Crippen MR) is 91.7 cm³/mol. The fourth-order valence-electron chi connectivity index (χ4n) is 2.77. The molecule has 1 amide bonds. The SMILES string of the molecule is COc1cccc(OC)c1C1SCC(=O)N1Cc1ccccc1. The first-order chi connectivity index (χ1) is 11.2. The average molecular weight is 329 g/mol. The summed E-state index contributed by atoms with van der Waals surface area (Å²) in [6, 6.07) is 15.7. The Morgan fingerprint density at radius 2 is 1.70 bits per heavy atom. The summed E-state index contributed by atoms with van der Waals surface area (Å²) in [6.45, 7) is 0.582. The van der Waals surface area contributed by atoms with Crippen molar-refractivity contribution in [3.8, 4) is 11.5 Å². The molecule has 1 atom stereocenters. The monoisotopic (exact) mass is 329 g/mol. The van der Waals surface area contributed by atoms with Crippen LogP contribution in [0.25, 0.3) is 0 Å². The Morgan fingerprint density at radius 1 is 1.04 bits per heavy atom. The van der Waals surface area contributed by atoms with Crippen molar-refractivity contribution in [3.05, 3.63) is 59.7 Å². The van der Waals surface area contributed by atoms with E-state index in [-0.39, 0.29) is 11.3 Å². The third-order valence-corrected chi connectivity index (χ3v) is 5.10. The van der Waals surface area contributed by atoms with Crippen molar-refractivity contribution in [2.45, 2.75) is 11.9 Å². The number of rotatable bonds is 5. The Bertz CT molecular complexity index is 668. The first-order valence-corrected chi connectivity index (χ1v) is 8.45. The van der Waals surface area contributed by atoms with Gasteiger partial charge in [0.25, 0.3) is 0 Å². The smallest absolute Gasteiger partial charge is 0.234 e. The van der Waals surface area contributed by atoms with E-state index in [9.17, 15) is 4.79 Å². The van der Waals surface area contributed by atoms with Crippen LogP contribution in [0.15, 0.2) is 48.5 Å². The molecular formula is C18H19NO3S. The standard InChI is InChI=1S/C18H19NO3S/c1-21-14-9-6-10-15(22-2)17(14)18-19(16(20)12-23-18)11-13-7-4-3-5-8-13/h3-10,18H,11-12H2,1-2H3. The molecule has 0 saturated carbocycles. The number of hydrogen-bond acceptors (Lipinski definition) is 4. The lowest BCUT2D eigenvalue weighted by atomic mass is 10.1. The number of methoxy groups -OCH3 is 2. The van der Waals surface area contributed by atoms with E-state index in [0.29, 0.717) is 12.3 Å². The van der Waals surface area contributed by atoms with E-state index in [1.165, 1.54) is 0 Å². The molecule has 1 fully saturated rings. The Morgan fingerprint density at radius 3 is 2.30 bits per heavy atom. The second-order valence-corrected chi connectivity index (χ2v) is 6.32. The van der Waals surface area contributed by atoms with Gasteiger partial charge in [0.2, 0.25) is 5.91 Å².